The van der Waals surface area contributed by atoms with Crippen LogP contribution in [0.25, 0.3) is 10.9 Å². The fraction of sp³-hybridized carbons (Fsp3) is 0.273. The van der Waals surface area contributed by atoms with E-state index in [2.05, 4.69) is 4.42 Å². The average molecular weight is 205 g/mol. The van der Waals surface area contributed by atoms with Crippen LogP contribution in [0.1, 0.15) is 19.9 Å². The molecule has 2 aromatic rings. The highest BCUT2D eigenvalue weighted by molar-refractivity contribution is 5.77. The molecule has 0 radical (unpaired) electrons. The van der Waals surface area contributed by atoms with Gasteiger partial charge < -0.3 is 4.42 Å². The average Bonchev–Trinajstić information content (AvgIpc) is 2.17. The summed E-state index contributed by atoms with van der Waals surface area (Å²) in [5.41, 5.74) is 0.0428. The zero-order chi connectivity index (χ0) is 11.0. The third-order valence-corrected chi connectivity index (χ3v) is 2.28. The summed E-state index contributed by atoms with van der Waals surface area (Å²) in [5.74, 6) is -0.603. The van der Waals surface area contributed by atoms with Gasteiger partial charge in [0.1, 0.15) is 0 Å². The van der Waals surface area contributed by atoms with Gasteiger partial charge in [-0.3, -0.25) is 4.57 Å². The third kappa shape index (κ3) is 1.48. The highest BCUT2D eigenvalue weighted by Gasteiger charge is 2.10. The second kappa shape index (κ2) is 3.38. The smallest absolute Gasteiger partial charge is 0.372 e. The van der Waals surface area contributed by atoms with Crippen molar-refractivity contribution < 1.29 is 4.42 Å². The van der Waals surface area contributed by atoms with Crippen molar-refractivity contribution in [2.75, 3.05) is 0 Å². The lowest BCUT2D eigenvalue weighted by molar-refractivity contribution is 0.399. The minimum absolute atomic E-state index is 0.0354. The molecule has 0 aliphatic carbocycles. The minimum atomic E-state index is -0.603. The molecule has 0 fully saturated rings. The quantitative estimate of drug-likeness (QED) is 0.709. The Kier molecular flexibility index (Phi) is 2.19. The Morgan fingerprint density at radius 2 is 1.87 bits per heavy atom. The Bertz CT molecular complexity index is 607. The first kappa shape index (κ1) is 9.71. The molecule has 0 saturated carbocycles. The van der Waals surface area contributed by atoms with Crippen molar-refractivity contribution in [3.8, 4) is 0 Å². The van der Waals surface area contributed by atoms with Crippen LogP contribution in [0.4, 0.5) is 0 Å². The Labute approximate surface area is 85.8 Å². The number of rotatable bonds is 1. The van der Waals surface area contributed by atoms with Crippen molar-refractivity contribution in [3.05, 3.63) is 45.2 Å². The molecule has 4 nitrogen and oxygen atoms in total. The second-order valence-corrected chi connectivity index (χ2v) is 3.64. The van der Waals surface area contributed by atoms with Crippen molar-refractivity contribution in [1.82, 2.24) is 4.57 Å². The lowest BCUT2D eigenvalue weighted by Crippen LogP contribution is -2.26. The maximum atomic E-state index is 11.5. The van der Waals surface area contributed by atoms with Crippen LogP contribution in [0.15, 0.2) is 38.3 Å². The summed E-state index contributed by atoms with van der Waals surface area (Å²) < 4.78 is 6.10. The first-order valence-electron chi connectivity index (χ1n) is 4.75. The van der Waals surface area contributed by atoms with E-state index in [4.69, 9.17) is 0 Å². The number of hydrogen-bond donors (Lipinski definition) is 0. The van der Waals surface area contributed by atoms with Gasteiger partial charge in [-0.15, -0.1) is 0 Å². The molecule has 78 valence electrons. The van der Waals surface area contributed by atoms with Crippen molar-refractivity contribution in [2.24, 2.45) is 0 Å². The van der Waals surface area contributed by atoms with Gasteiger partial charge in [0.25, 0.3) is 0 Å². The van der Waals surface area contributed by atoms with Gasteiger partial charge >= 0.3 is 11.4 Å². The summed E-state index contributed by atoms with van der Waals surface area (Å²) in [7, 11) is 0. The topological polar surface area (TPSA) is 52.2 Å². The first-order chi connectivity index (χ1) is 7.11. The molecule has 2 rings (SSSR count). The molecule has 1 heterocycles. The van der Waals surface area contributed by atoms with Gasteiger partial charge in [0.05, 0.1) is 10.9 Å². The lowest BCUT2D eigenvalue weighted by atomic mass is 10.2. The van der Waals surface area contributed by atoms with Crippen LogP contribution < -0.4 is 11.4 Å². The van der Waals surface area contributed by atoms with Gasteiger partial charge in [-0.25, -0.2) is 9.59 Å². The maximum absolute atomic E-state index is 11.5. The van der Waals surface area contributed by atoms with E-state index in [1.54, 1.807) is 24.3 Å². The summed E-state index contributed by atoms with van der Waals surface area (Å²) in [6.07, 6.45) is 0. The molecule has 0 bridgehead atoms. The van der Waals surface area contributed by atoms with E-state index in [0.717, 1.165) is 0 Å². The molecule has 15 heavy (non-hydrogen) atoms. The van der Waals surface area contributed by atoms with E-state index in [-0.39, 0.29) is 6.04 Å². The van der Waals surface area contributed by atoms with Crippen LogP contribution in [0.2, 0.25) is 0 Å². The van der Waals surface area contributed by atoms with E-state index in [1.165, 1.54) is 4.57 Å². The molecular weight excluding hydrogens is 194 g/mol. The zero-order valence-corrected chi connectivity index (χ0v) is 8.56. The molecule has 0 amide bonds. The predicted octanol–water partition coefficient (Wildman–Crippen LogP) is 1.54. The van der Waals surface area contributed by atoms with Crippen LogP contribution in [0.5, 0.6) is 0 Å². The number of hydrogen-bond acceptors (Lipinski definition) is 3. The van der Waals surface area contributed by atoms with E-state index in [9.17, 15) is 9.59 Å². The molecule has 0 N–H and O–H groups in total. The zero-order valence-electron chi connectivity index (χ0n) is 8.56. The monoisotopic (exact) mass is 205 g/mol. The fourth-order valence-corrected chi connectivity index (χ4v) is 1.63. The van der Waals surface area contributed by atoms with Crippen molar-refractivity contribution in [1.29, 1.82) is 0 Å². The number of para-hydroxylation sites is 1. The highest BCUT2D eigenvalue weighted by atomic mass is 16.4. The van der Waals surface area contributed by atoms with E-state index in [1.807, 2.05) is 13.8 Å². The van der Waals surface area contributed by atoms with Crippen molar-refractivity contribution in [3.63, 3.8) is 0 Å². The molecule has 0 atom stereocenters. The fourth-order valence-electron chi connectivity index (χ4n) is 1.63. The van der Waals surface area contributed by atoms with Crippen LogP contribution in [0.3, 0.4) is 0 Å². The molecule has 0 aliphatic heterocycles. The molecule has 0 aliphatic rings. The summed E-state index contributed by atoms with van der Waals surface area (Å²) in [4.78, 5) is 22.9. The van der Waals surface area contributed by atoms with Crippen molar-refractivity contribution in [2.45, 2.75) is 19.9 Å². The van der Waals surface area contributed by atoms with Gasteiger partial charge in [-0.2, -0.15) is 0 Å². The Balaban J connectivity index is 3.03. The highest BCUT2D eigenvalue weighted by Crippen LogP contribution is 2.11. The van der Waals surface area contributed by atoms with E-state index < -0.39 is 11.4 Å². The summed E-state index contributed by atoms with van der Waals surface area (Å²) in [5, 5.41) is 0.436. The van der Waals surface area contributed by atoms with Gasteiger partial charge in [0.15, 0.2) is 0 Å². The molecule has 0 unspecified atom stereocenters. The van der Waals surface area contributed by atoms with Crippen LogP contribution in [-0.2, 0) is 0 Å². The Morgan fingerprint density at radius 1 is 1.20 bits per heavy atom. The van der Waals surface area contributed by atoms with Crippen LogP contribution in [-0.4, -0.2) is 4.57 Å². The lowest BCUT2D eigenvalue weighted by Gasteiger charge is -2.10. The molecule has 1 aromatic carbocycles. The summed E-state index contributed by atoms with van der Waals surface area (Å²) in [6.45, 7) is 3.74. The first-order valence-corrected chi connectivity index (χ1v) is 4.75. The number of aromatic nitrogens is 1. The SMILES string of the molecule is CC(C)n1c(=O)oc(=O)c2ccccc21. The molecule has 4 heteroatoms. The van der Waals surface area contributed by atoms with Crippen LogP contribution >= 0.6 is 0 Å². The van der Waals surface area contributed by atoms with Gasteiger partial charge in [-0.1, -0.05) is 12.1 Å². The van der Waals surface area contributed by atoms with Crippen molar-refractivity contribution >= 4 is 10.9 Å². The van der Waals surface area contributed by atoms with E-state index in [0.29, 0.717) is 10.9 Å². The summed E-state index contributed by atoms with van der Waals surface area (Å²) in [6, 6.07) is 6.90. The maximum Gasteiger partial charge on any atom is 0.422 e. The van der Waals surface area contributed by atoms with Gasteiger partial charge in [0, 0.05) is 6.04 Å². The number of benzene rings is 1. The normalized spacial score (nSPS) is 11.1. The largest absolute Gasteiger partial charge is 0.422 e. The summed E-state index contributed by atoms with van der Waals surface area (Å²) >= 11 is 0. The minimum Gasteiger partial charge on any atom is -0.372 e. The van der Waals surface area contributed by atoms with E-state index >= 15 is 0 Å². The number of fused-ring (bicyclic) bond motifs is 1. The third-order valence-electron chi connectivity index (χ3n) is 2.28. The molecular formula is C11H11NO3. The van der Waals surface area contributed by atoms with Gasteiger partial charge in [-0.05, 0) is 26.0 Å². The Hall–Kier alpha value is -1.84. The standard InChI is InChI=1S/C11H11NO3/c1-7(2)12-9-6-4-3-5-8(9)10(13)15-11(12)14/h3-7H,1-2H3. The molecule has 0 saturated heterocycles. The number of nitrogens with zero attached hydrogens (tertiary/aromatic N) is 1. The molecule has 0 spiro atoms. The van der Waals surface area contributed by atoms with Gasteiger partial charge in [0.2, 0.25) is 0 Å². The Morgan fingerprint density at radius 3 is 2.53 bits per heavy atom. The second-order valence-electron chi connectivity index (χ2n) is 3.64. The van der Waals surface area contributed by atoms with Crippen LogP contribution in [0, 0.1) is 0 Å². The predicted molar refractivity (Wildman–Crippen MR) is 57.1 cm³/mol. The molecule has 1 aromatic heterocycles.